The van der Waals surface area contributed by atoms with Gasteiger partial charge in [-0.3, -0.25) is 9.36 Å². The van der Waals surface area contributed by atoms with Crippen LogP contribution >= 0.6 is 7.37 Å². The molecule has 0 saturated heterocycles. The zero-order valence-electron chi connectivity index (χ0n) is 24.5. The quantitative estimate of drug-likeness (QED) is 0.287. The van der Waals surface area contributed by atoms with Crippen LogP contribution in [0.2, 0.25) is 0 Å². The highest BCUT2D eigenvalue weighted by atomic mass is 31.2. The lowest BCUT2D eigenvalue weighted by molar-refractivity contribution is -0.140. The van der Waals surface area contributed by atoms with Gasteiger partial charge in [-0.05, 0) is 56.8 Å². The van der Waals surface area contributed by atoms with Crippen molar-refractivity contribution in [3.05, 3.63) is 35.9 Å². The second-order valence-electron chi connectivity index (χ2n) is 13.2. The Morgan fingerprint density at radius 2 is 1.44 bits per heavy atom. The summed E-state index contributed by atoms with van der Waals surface area (Å²) in [5.41, 5.74) is -0.0965. The highest BCUT2D eigenvalue weighted by Crippen LogP contribution is 2.56. The molecule has 5 unspecified atom stereocenters. The second kappa shape index (κ2) is 14.1. The molecule has 0 radical (unpaired) electrons. The molecule has 6 nitrogen and oxygen atoms in total. The van der Waals surface area contributed by atoms with Crippen LogP contribution in [-0.4, -0.2) is 51.9 Å². The third kappa shape index (κ3) is 13.4. The summed E-state index contributed by atoms with van der Waals surface area (Å²) in [6.07, 6.45) is -0.313. The number of aryl methyl sites for hydroxylation is 1. The summed E-state index contributed by atoms with van der Waals surface area (Å²) in [6, 6.07) is 10.3. The van der Waals surface area contributed by atoms with Gasteiger partial charge in [0.25, 0.3) is 0 Å². The van der Waals surface area contributed by atoms with Crippen LogP contribution < -0.4 is 0 Å². The summed E-state index contributed by atoms with van der Waals surface area (Å²) >= 11 is 0. The van der Waals surface area contributed by atoms with Crippen LogP contribution in [0.4, 0.5) is 0 Å². The van der Waals surface area contributed by atoms with Crippen LogP contribution in [-0.2, 0) is 13.9 Å². The van der Waals surface area contributed by atoms with Crippen LogP contribution in [0, 0.1) is 35.5 Å². The fourth-order valence-electron chi connectivity index (χ4n) is 4.52. The predicted molar refractivity (Wildman–Crippen MR) is 150 cm³/mol. The van der Waals surface area contributed by atoms with Gasteiger partial charge in [-0.2, -0.15) is 0 Å². The van der Waals surface area contributed by atoms with Crippen LogP contribution in [0.15, 0.2) is 30.3 Å². The average molecular weight is 529 g/mol. The Labute approximate surface area is 220 Å². The first-order chi connectivity index (χ1) is 16.1. The molecule has 0 saturated carbocycles. The van der Waals surface area contributed by atoms with E-state index in [1.165, 1.54) is 12.5 Å². The molecule has 0 spiro atoms. The van der Waals surface area contributed by atoms with E-state index in [9.17, 15) is 24.7 Å². The summed E-state index contributed by atoms with van der Waals surface area (Å²) in [4.78, 5) is 11.5. The van der Waals surface area contributed by atoms with Crippen molar-refractivity contribution in [1.29, 1.82) is 0 Å². The molecule has 7 heteroatoms. The number of carbonyl (C=O) groups is 1. The molecule has 36 heavy (non-hydrogen) atoms. The van der Waals surface area contributed by atoms with Crippen LogP contribution in [0.5, 0.6) is 0 Å². The number of rotatable bonds is 10. The molecule has 3 N–H and O–H groups in total. The molecule has 0 aliphatic carbocycles. The van der Waals surface area contributed by atoms with Crippen molar-refractivity contribution in [2.24, 2.45) is 28.6 Å². The van der Waals surface area contributed by atoms with E-state index >= 15 is 0 Å². The minimum atomic E-state index is -3.40. The minimum Gasteiger partial charge on any atom is -0.481 e. The summed E-state index contributed by atoms with van der Waals surface area (Å²) in [6.45, 7) is 20.9. The smallest absolute Gasteiger partial charge is 0.306 e. The molecule has 1 aromatic rings. The first kappa shape index (κ1) is 34.8. The topological polar surface area (TPSA) is 104 Å². The number of carboxylic acids is 1. The number of aliphatic hydroxyl groups excluding tert-OH is 2. The third-order valence-electron chi connectivity index (χ3n) is 6.21. The summed E-state index contributed by atoms with van der Waals surface area (Å²) < 4.78 is 20.0. The summed E-state index contributed by atoms with van der Waals surface area (Å²) in [5, 5.41) is 30.3. The maximum absolute atomic E-state index is 14.0. The molecular formula is C29H53O6P. The van der Waals surface area contributed by atoms with Gasteiger partial charge in [0.05, 0.1) is 17.6 Å². The van der Waals surface area contributed by atoms with E-state index in [4.69, 9.17) is 4.52 Å². The maximum atomic E-state index is 14.0. The fraction of sp³-hybridized carbons (Fsp3) is 0.759. The first-order valence-corrected chi connectivity index (χ1v) is 14.9. The molecule has 0 aromatic heterocycles. The van der Waals surface area contributed by atoms with E-state index in [0.29, 0.717) is 6.42 Å². The molecule has 5 atom stereocenters. The number of aliphatic hydroxyl groups is 2. The molecule has 0 heterocycles. The van der Waals surface area contributed by atoms with Gasteiger partial charge in [0.2, 0.25) is 7.37 Å². The lowest BCUT2D eigenvalue weighted by Crippen LogP contribution is -2.44. The SMILES string of the molecule is CC(CP(=O)(CC(C(O)C(C)(C)C)C(CCO)C(C)(C)C)OC(C)(C)C)C(=O)O.Cc1ccccc1. The van der Waals surface area contributed by atoms with Gasteiger partial charge in [0.15, 0.2) is 0 Å². The number of carboxylic acid groups (broad SMARTS) is 1. The Hall–Kier alpha value is -1.20. The Morgan fingerprint density at radius 1 is 0.944 bits per heavy atom. The highest BCUT2D eigenvalue weighted by Gasteiger charge is 2.45. The molecule has 0 fully saturated rings. The molecule has 1 aromatic carbocycles. The Bertz CT molecular complexity index is 817. The van der Waals surface area contributed by atoms with Gasteiger partial charge >= 0.3 is 5.97 Å². The highest BCUT2D eigenvalue weighted by molar-refractivity contribution is 7.59. The van der Waals surface area contributed by atoms with Gasteiger partial charge in [0.1, 0.15) is 0 Å². The van der Waals surface area contributed by atoms with Gasteiger partial charge in [-0.25, -0.2) is 0 Å². The largest absolute Gasteiger partial charge is 0.481 e. The lowest BCUT2D eigenvalue weighted by atomic mass is 9.66. The van der Waals surface area contributed by atoms with E-state index < -0.39 is 42.3 Å². The van der Waals surface area contributed by atoms with Crippen molar-refractivity contribution in [2.45, 2.75) is 94.3 Å². The number of hydrogen-bond acceptors (Lipinski definition) is 5. The zero-order valence-corrected chi connectivity index (χ0v) is 25.4. The van der Waals surface area contributed by atoms with Crippen molar-refractivity contribution >= 4 is 13.3 Å². The Morgan fingerprint density at radius 3 is 1.75 bits per heavy atom. The lowest BCUT2D eigenvalue weighted by Gasteiger charge is -2.45. The minimum absolute atomic E-state index is 0.0365. The van der Waals surface area contributed by atoms with Crippen molar-refractivity contribution in [3.63, 3.8) is 0 Å². The standard InChI is InChI=1S/C22H45O6P.C7H8/c1-15(19(25)26)13-29(27,28-22(8,9)10)14-16(18(24)21(5,6)7)17(11-12-23)20(2,3)4;1-7-5-3-2-4-6-7/h15-18,23-24H,11-14H2,1-10H3,(H,25,26);2-6H,1H3. The molecule has 0 aliphatic heterocycles. The van der Waals surface area contributed by atoms with Crippen molar-refractivity contribution in [2.75, 3.05) is 18.9 Å². The Balaban J connectivity index is 0.00000148. The number of aliphatic carboxylic acids is 1. The molecule has 1 rings (SSSR count). The Kier molecular flexibility index (Phi) is 13.6. The molecule has 210 valence electrons. The molecule has 0 bridgehead atoms. The average Bonchev–Trinajstić information content (AvgIpc) is 2.68. The predicted octanol–water partition coefficient (Wildman–Crippen LogP) is 6.86. The molecule has 0 amide bonds. The van der Waals surface area contributed by atoms with Crippen molar-refractivity contribution < 1.29 is 29.2 Å². The summed E-state index contributed by atoms with van der Waals surface area (Å²) in [5.74, 6) is -2.35. The van der Waals surface area contributed by atoms with Gasteiger partial charge in [-0.1, -0.05) is 84.4 Å². The maximum Gasteiger partial charge on any atom is 0.306 e. The first-order valence-electron chi connectivity index (χ1n) is 12.9. The van der Waals surface area contributed by atoms with Gasteiger partial charge in [-0.15, -0.1) is 0 Å². The van der Waals surface area contributed by atoms with Crippen molar-refractivity contribution in [3.8, 4) is 0 Å². The van der Waals surface area contributed by atoms with E-state index in [-0.39, 0.29) is 30.3 Å². The van der Waals surface area contributed by atoms with Gasteiger partial charge < -0.3 is 19.8 Å². The second-order valence-corrected chi connectivity index (χ2v) is 15.8. The van der Waals surface area contributed by atoms with E-state index in [0.717, 1.165) is 0 Å². The fourth-order valence-corrected chi connectivity index (χ4v) is 7.90. The van der Waals surface area contributed by atoms with Gasteiger partial charge in [0, 0.05) is 18.9 Å². The monoisotopic (exact) mass is 528 g/mol. The van der Waals surface area contributed by atoms with E-state index in [2.05, 4.69) is 19.1 Å². The van der Waals surface area contributed by atoms with Crippen molar-refractivity contribution in [1.82, 2.24) is 0 Å². The van der Waals surface area contributed by atoms with E-state index in [1.54, 1.807) is 20.8 Å². The zero-order chi connectivity index (χ0) is 28.5. The normalized spacial score (nSPS) is 17.7. The third-order valence-corrected chi connectivity index (χ3v) is 9.17. The molecule has 0 aliphatic rings. The number of hydrogen-bond donors (Lipinski definition) is 3. The van der Waals surface area contributed by atoms with Crippen LogP contribution in [0.1, 0.15) is 81.2 Å². The summed E-state index contributed by atoms with van der Waals surface area (Å²) in [7, 11) is -3.40. The van der Waals surface area contributed by atoms with Crippen LogP contribution in [0.3, 0.4) is 0 Å². The molecular weight excluding hydrogens is 475 g/mol. The van der Waals surface area contributed by atoms with E-state index in [1.807, 2.05) is 59.7 Å². The number of benzene rings is 1. The van der Waals surface area contributed by atoms with Crippen LogP contribution in [0.25, 0.3) is 0 Å².